The molecule has 1 nitrogen and oxygen atoms in total. The van der Waals surface area contributed by atoms with Crippen LogP contribution < -0.4 is 0 Å². The molecule has 0 bridgehead atoms. The van der Waals surface area contributed by atoms with Crippen molar-refractivity contribution in [1.82, 2.24) is 0 Å². The summed E-state index contributed by atoms with van der Waals surface area (Å²) in [6, 6.07) is 4.42. The molecule has 1 atom stereocenters. The summed E-state index contributed by atoms with van der Waals surface area (Å²) in [5, 5.41) is 9.44. The molecule has 84 valence electrons. The van der Waals surface area contributed by atoms with Gasteiger partial charge < -0.3 is 5.11 Å². The summed E-state index contributed by atoms with van der Waals surface area (Å²) in [6.45, 7) is 3.97. The highest BCUT2D eigenvalue weighted by atomic mass is 32.2. The summed E-state index contributed by atoms with van der Waals surface area (Å²) in [4.78, 5) is 2.59. The van der Waals surface area contributed by atoms with E-state index in [1.165, 1.54) is 20.9 Å². The van der Waals surface area contributed by atoms with Crippen LogP contribution in [-0.2, 0) is 6.42 Å². The minimum absolute atomic E-state index is 0.270. The molecule has 1 rings (SSSR count). The van der Waals surface area contributed by atoms with Gasteiger partial charge in [0.05, 0.1) is 6.10 Å². The first kappa shape index (κ1) is 12.9. The van der Waals surface area contributed by atoms with Crippen molar-refractivity contribution in [3.05, 3.63) is 23.3 Å². The Balaban J connectivity index is 3.10. The van der Waals surface area contributed by atoms with Crippen LogP contribution in [-0.4, -0.2) is 23.7 Å². The molecule has 1 N–H and O–H groups in total. The second-order valence-corrected chi connectivity index (χ2v) is 5.38. The zero-order valence-corrected chi connectivity index (χ0v) is 11.3. The molecule has 0 amide bonds. The van der Waals surface area contributed by atoms with E-state index in [0.29, 0.717) is 0 Å². The molecule has 0 aliphatic carbocycles. The molecule has 1 unspecified atom stereocenters. The van der Waals surface area contributed by atoms with E-state index >= 15 is 0 Å². The van der Waals surface area contributed by atoms with Gasteiger partial charge in [0.25, 0.3) is 0 Å². The number of benzene rings is 1. The third kappa shape index (κ3) is 3.44. The molecular weight excluding hydrogens is 224 g/mol. The van der Waals surface area contributed by atoms with E-state index in [9.17, 15) is 5.11 Å². The van der Waals surface area contributed by atoms with Crippen molar-refractivity contribution in [3.8, 4) is 0 Å². The fourth-order valence-electron chi connectivity index (χ4n) is 1.59. The van der Waals surface area contributed by atoms with Gasteiger partial charge in [0.15, 0.2) is 0 Å². The topological polar surface area (TPSA) is 20.2 Å². The van der Waals surface area contributed by atoms with E-state index < -0.39 is 0 Å². The molecule has 0 aliphatic rings. The first-order valence-corrected chi connectivity index (χ1v) is 7.43. The number of aliphatic hydroxyl groups is 1. The van der Waals surface area contributed by atoms with E-state index in [1.54, 1.807) is 23.5 Å². The fraction of sp³-hybridized carbons (Fsp3) is 0.500. The molecule has 0 aliphatic heterocycles. The molecule has 1 aromatic rings. The maximum Gasteiger partial charge on any atom is 0.0552 e. The average Bonchev–Trinajstić information content (AvgIpc) is 2.19. The van der Waals surface area contributed by atoms with Crippen LogP contribution in [0, 0.1) is 6.92 Å². The first-order valence-electron chi connectivity index (χ1n) is 4.98. The van der Waals surface area contributed by atoms with Crippen molar-refractivity contribution >= 4 is 23.5 Å². The minimum Gasteiger partial charge on any atom is -0.393 e. The Bertz CT molecular complexity index is 335. The molecule has 0 aromatic heterocycles. The van der Waals surface area contributed by atoms with Crippen molar-refractivity contribution < 1.29 is 5.11 Å². The zero-order valence-electron chi connectivity index (χ0n) is 9.70. The molecule has 3 heteroatoms. The lowest BCUT2D eigenvalue weighted by molar-refractivity contribution is 0.194. The highest BCUT2D eigenvalue weighted by Crippen LogP contribution is 2.29. The van der Waals surface area contributed by atoms with Crippen molar-refractivity contribution in [2.45, 2.75) is 36.2 Å². The molecular formula is C12H18OS2. The van der Waals surface area contributed by atoms with Gasteiger partial charge in [-0.15, -0.1) is 23.5 Å². The van der Waals surface area contributed by atoms with Crippen LogP contribution in [0.4, 0.5) is 0 Å². The van der Waals surface area contributed by atoms with E-state index in [1.807, 2.05) is 6.92 Å². The van der Waals surface area contributed by atoms with E-state index in [0.717, 1.165) is 6.42 Å². The average molecular weight is 242 g/mol. The maximum absolute atomic E-state index is 9.44. The quantitative estimate of drug-likeness (QED) is 0.818. The lowest BCUT2D eigenvalue weighted by Crippen LogP contribution is -2.05. The van der Waals surface area contributed by atoms with Crippen LogP contribution in [0.3, 0.4) is 0 Å². The standard InChI is InChI=1S/C12H18OS2/c1-8-5-12(15-4)10(6-9(2)13)7-11(8)14-3/h5,7,9,13H,6H2,1-4H3. The van der Waals surface area contributed by atoms with Gasteiger partial charge in [-0.3, -0.25) is 0 Å². The highest BCUT2D eigenvalue weighted by Gasteiger charge is 2.08. The number of hydrogen-bond acceptors (Lipinski definition) is 3. The monoisotopic (exact) mass is 242 g/mol. The van der Waals surface area contributed by atoms with Crippen molar-refractivity contribution in [1.29, 1.82) is 0 Å². The Morgan fingerprint density at radius 2 is 1.80 bits per heavy atom. The Kier molecular flexibility index (Phi) is 5.03. The third-order valence-electron chi connectivity index (χ3n) is 2.31. The molecule has 15 heavy (non-hydrogen) atoms. The van der Waals surface area contributed by atoms with Crippen LogP contribution in [0.5, 0.6) is 0 Å². The van der Waals surface area contributed by atoms with Gasteiger partial charge in [-0.1, -0.05) is 0 Å². The van der Waals surface area contributed by atoms with E-state index in [-0.39, 0.29) is 6.10 Å². The van der Waals surface area contributed by atoms with Crippen LogP contribution in [0.25, 0.3) is 0 Å². The number of hydrogen-bond donors (Lipinski definition) is 1. The lowest BCUT2D eigenvalue weighted by Gasteiger charge is -2.13. The molecule has 0 saturated carbocycles. The lowest BCUT2D eigenvalue weighted by atomic mass is 10.1. The number of aliphatic hydroxyl groups excluding tert-OH is 1. The van der Waals surface area contributed by atoms with Crippen LogP contribution in [0.2, 0.25) is 0 Å². The largest absolute Gasteiger partial charge is 0.393 e. The first-order chi connectivity index (χ1) is 7.08. The summed E-state index contributed by atoms with van der Waals surface area (Å²) in [5.41, 5.74) is 2.58. The van der Waals surface area contributed by atoms with Gasteiger partial charge in [0.2, 0.25) is 0 Å². The van der Waals surface area contributed by atoms with Gasteiger partial charge in [0, 0.05) is 9.79 Å². The SMILES string of the molecule is CSc1cc(CC(C)O)c(SC)cc1C. The Morgan fingerprint density at radius 1 is 1.20 bits per heavy atom. The van der Waals surface area contributed by atoms with Crippen LogP contribution in [0.15, 0.2) is 21.9 Å². The molecule has 0 fully saturated rings. The number of rotatable bonds is 4. The van der Waals surface area contributed by atoms with Crippen molar-refractivity contribution in [2.24, 2.45) is 0 Å². The van der Waals surface area contributed by atoms with Gasteiger partial charge in [-0.05, 0) is 56.0 Å². The Labute approximate surface area is 101 Å². The van der Waals surface area contributed by atoms with Crippen molar-refractivity contribution in [3.63, 3.8) is 0 Å². The van der Waals surface area contributed by atoms with Crippen molar-refractivity contribution in [2.75, 3.05) is 12.5 Å². The summed E-state index contributed by atoms with van der Waals surface area (Å²) in [6.07, 6.45) is 4.64. The third-order valence-corrected chi connectivity index (χ3v) is 4.01. The molecule has 0 radical (unpaired) electrons. The summed E-state index contributed by atoms with van der Waals surface area (Å²) < 4.78 is 0. The zero-order chi connectivity index (χ0) is 11.4. The molecule has 1 aromatic carbocycles. The van der Waals surface area contributed by atoms with Gasteiger partial charge in [-0.25, -0.2) is 0 Å². The minimum atomic E-state index is -0.270. The second-order valence-electron chi connectivity index (χ2n) is 3.69. The Hall–Kier alpha value is -0.120. The smallest absolute Gasteiger partial charge is 0.0552 e. The maximum atomic E-state index is 9.44. The van der Waals surface area contributed by atoms with Gasteiger partial charge in [-0.2, -0.15) is 0 Å². The second kappa shape index (κ2) is 5.83. The van der Waals surface area contributed by atoms with E-state index in [4.69, 9.17) is 0 Å². The summed E-state index contributed by atoms with van der Waals surface area (Å²) >= 11 is 3.52. The van der Waals surface area contributed by atoms with Crippen LogP contribution >= 0.6 is 23.5 Å². The fourth-order valence-corrected chi connectivity index (χ4v) is 2.93. The predicted octanol–water partition coefficient (Wildman–Crippen LogP) is 3.36. The normalized spacial score (nSPS) is 12.9. The Morgan fingerprint density at radius 3 is 2.27 bits per heavy atom. The molecule has 0 spiro atoms. The molecule has 0 saturated heterocycles. The number of aryl methyl sites for hydroxylation is 1. The highest BCUT2D eigenvalue weighted by molar-refractivity contribution is 7.99. The predicted molar refractivity (Wildman–Crippen MR) is 70.1 cm³/mol. The van der Waals surface area contributed by atoms with Gasteiger partial charge >= 0.3 is 0 Å². The van der Waals surface area contributed by atoms with Gasteiger partial charge in [0.1, 0.15) is 0 Å². The molecule has 0 heterocycles. The van der Waals surface area contributed by atoms with E-state index in [2.05, 4.69) is 31.6 Å². The summed E-state index contributed by atoms with van der Waals surface area (Å²) in [5.74, 6) is 0. The summed E-state index contributed by atoms with van der Waals surface area (Å²) in [7, 11) is 0. The van der Waals surface area contributed by atoms with Crippen LogP contribution in [0.1, 0.15) is 18.1 Å². The number of thioether (sulfide) groups is 2.